The first kappa shape index (κ1) is 15.2. The molecule has 0 aliphatic heterocycles. The molecule has 0 saturated heterocycles. The molecular formula is C15H20O4. The quantitative estimate of drug-likeness (QED) is 0.550. The Hall–Kier alpha value is -1.81. The Kier molecular flexibility index (Phi) is 7.35. The van der Waals surface area contributed by atoms with Crippen LogP contribution in [0.5, 0.6) is 5.75 Å². The van der Waals surface area contributed by atoms with E-state index in [9.17, 15) is 4.79 Å². The fourth-order valence-corrected chi connectivity index (χ4v) is 1.44. The van der Waals surface area contributed by atoms with Gasteiger partial charge in [0.05, 0.1) is 6.61 Å². The SMILES string of the molecule is CCCCOCCOc1cccc(/C=C/C(=O)O)c1. The van der Waals surface area contributed by atoms with Crippen LogP contribution >= 0.6 is 0 Å². The van der Waals surface area contributed by atoms with Crippen LogP contribution in [-0.4, -0.2) is 30.9 Å². The van der Waals surface area contributed by atoms with Gasteiger partial charge in [-0.3, -0.25) is 0 Å². The van der Waals surface area contributed by atoms with Gasteiger partial charge in [-0.2, -0.15) is 0 Å². The van der Waals surface area contributed by atoms with E-state index >= 15 is 0 Å². The Bertz CT molecular complexity index is 412. The van der Waals surface area contributed by atoms with Gasteiger partial charge in [-0.25, -0.2) is 4.79 Å². The van der Waals surface area contributed by atoms with E-state index in [0.717, 1.165) is 31.1 Å². The summed E-state index contributed by atoms with van der Waals surface area (Å²) >= 11 is 0. The van der Waals surface area contributed by atoms with E-state index in [1.807, 2.05) is 18.2 Å². The van der Waals surface area contributed by atoms with Crippen molar-refractivity contribution in [3.05, 3.63) is 35.9 Å². The predicted molar refractivity (Wildman–Crippen MR) is 74.3 cm³/mol. The van der Waals surface area contributed by atoms with Crippen LogP contribution in [0.1, 0.15) is 25.3 Å². The van der Waals surface area contributed by atoms with Crippen molar-refractivity contribution in [2.24, 2.45) is 0 Å². The smallest absolute Gasteiger partial charge is 0.328 e. The van der Waals surface area contributed by atoms with Gasteiger partial charge in [-0.1, -0.05) is 25.5 Å². The molecule has 0 spiro atoms. The molecule has 19 heavy (non-hydrogen) atoms. The van der Waals surface area contributed by atoms with E-state index in [1.165, 1.54) is 6.08 Å². The minimum absolute atomic E-state index is 0.496. The predicted octanol–water partition coefficient (Wildman–Crippen LogP) is 2.98. The van der Waals surface area contributed by atoms with Gasteiger partial charge in [0.2, 0.25) is 0 Å². The number of ether oxygens (including phenoxy) is 2. The maximum Gasteiger partial charge on any atom is 0.328 e. The number of rotatable bonds is 9. The van der Waals surface area contributed by atoms with E-state index in [1.54, 1.807) is 6.07 Å². The van der Waals surface area contributed by atoms with Gasteiger partial charge in [0, 0.05) is 12.7 Å². The molecule has 0 heterocycles. The zero-order valence-electron chi connectivity index (χ0n) is 11.2. The van der Waals surface area contributed by atoms with Crippen molar-refractivity contribution in [3.8, 4) is 5.75 Å². The summed E-state index contributed by atoms with van der Waals surface area (Å²) in [6.45, 7) is 3.95. The highest BCUT2D eigenvalue weighted by atomic mass is 16.5. The van der Waals surface area contributed by atoms with Crippen molar-refractivity contribution in [2.75, 3.05) is 19.8 Å². The lowest BCUT2D eigenvalue weighted by atomic mass is 10.2. The molecule has 1 aromatic carbocycles. The number of unbranched alkanes of at least 4 members (excludes halogenated alkanes) is 1. The third-order valence-electron chi connectivity index (χ3n) is 2.42. The molecule has 1 rings (SSSR count). The van der Waals surface area contributed by atoms with E-state index in [0.29, 0.717) is 19.0 Å². The molecule has 0 aliphatic carbocycles. The zero-order valence-corrected chi connectivity index (χ0v) is 11.2. The van der Waals surface area contributed by atoms with Crippen molar-refractivity contribution >= 4 is 12.0 Å². The first-order valence-corrected chi connectivity index (χ1v) is 6.44. The highest BCUT2D eigenvalue weighted by Gasteiger charge is 1.96. The number of carbonyl (C=O) groups is 1. The summed E-state index contributed by atoms with van der Waals surface area (Å²) < 4.78 is 10.9. The van der Waals surface area contributed by atoms with Crippen LogP contribution in [0, 0.1) is 0 Å². The highest BCUT2D eigenvalue weighted by molar-refractivity contribution is 5.85. The second kappa shape index (κ2) is 9.16. The Morgan fingerprint density at radius 2 is 2.16 bits per heavy atom. The molecule has 0 amide bonds. The molecule has 4 nitrogen and oxygen atoms in total. The molecule has 0 aliphatic rings. The van der Waals surface area contributed by atoms with Crippen molar-refractivity contribution in [3.63, 3.8) is 0 Å². The zero-order chi connectivity index (χ0) is 13.9. The fourth-order valence-electron chi connectivity index (χ4n) is 1.44. The maximum absolute atomic E-state index is 10.4. The number of aliphatic carboxylic acids is 1. The third-order valence-corrected chi connectivity index (χ3v) is 2.42. The fraction of sp³-hybridized carbons (Fsp3) is 0.400. The molecule has 104 valence electrons. The first-order valence-electron chi connectivity index (χ1n) is 6.44. The molecule has 0 bridgehead atoms. The summed E-state index contributed by atoms with van der Waals surface area (Å²) in [7, 11) is 0. The van der Waals surface area contributed by atoms with E-state index < -0.39 is 5.97 Å². The number of hydrogen-bond donors (Lipinski definition) is 1. The summed E-state index contributed by atoms with van der Waals surface area (Å²) in [5.74, 6) is -0.248. The number of carboxylic acid groups (broad SMARTS) is 1. The molecule has 1 N–H and O–H groups in total. The van der Waals surface area contributed by atoms with Gasteiger partial charge in [0.15, 0.2) is 0 Å². The van der Waals surface area contributed by atoms with E-state index in [4.69, 9.17) is 14.6 Å². The number of hydrogen-bond acceptors (Lipinski definition) is 3. The van der Waals surface area contributed by atoms with Gasteiger partial charge >= 0.3 is 5.97 Å². The van der Waals surface area contributed by atoms with Crippen molar-refractivity contribution < 1.29 is 19.4 Å². The van der Waals surface area contributed by atoms with E-state index in [2.05, 4.69) is 6.92 Å². The van der Waals surface area contributed by atoms with E-state index in [-0.39, 0.29) is 0 Å². The number of carboxylic acids is 1. The molecule has 0 fully saturated rings. The van der Waals surface area contributed by atoms with Gasteiger partial charge in [0.25, 0.3) is 0 Å². The van der Waals surface area contributed by atoms with Crippen molar-refractivity contribution in [1.29, 1.82) is 0 Å². The van der Waals surface area contributed by atoms with Crippen LogP contribution in [0.25, 0.3) is 6.08 Å². The summed E-state index contributed by atoms with van der Waals surface area (Å²) in [5.41, 5.74) is 0.798. The molecule has 0 saturated carbocycles. The van der Waals surface area contributed by atoms with Gasteiger partial charge in [0.1, 0.15) is 12.4 Å². The summed E-state index contributed by atoms with van der Waals surface area (Å²) in [6.07, 6.45) is 4.83. The molecule has 0 aromatic heterocycles. The Morgan fingerprint density at radius 1 is 1.32 bits per heavy atom. The molecule has 0 unspecified atom stereocenters. The molecule has 0 atom stereocenters. The summed E-state index contributed by atoms with van der Waals surface area (Å²) in [6, 6.07) is 7.29. The molecule has 0 radical (unpaired) electrons. The molecular weight excluding hydrogens is 244 g/mol. The second-order valence-electron chi connectivity index (χ2n) is 4.06. The largest absolute Gasteiger partial charge is 0.491 e. The summed E-state index contributed by atoms with van der Waals surface area (Å²) in [4.78, 5) is 10.4. The lowest BCUT2D eigenvalue weighted by Gasteiger charge is -2.07. The second-order valence-corrected chi connectivity index (χ2v) is 4.06. The van der Waals surface area contributed by atoms with Gasteiger partial charge in [-0.05, 0) is 30.2 Å². The highest BCUT2D eigenvalue weighted by Crippen LogP contribution is 2.14. The lowest BCUT2D eigenvalue weighted by Crippen LogP contribution is -2.07. The Labute approximate surface area is 113 Å². The molecule has 4 heteroatoms. The standard InChI is InChI=1S/C15H20O4/c1-2-3-9-18-10-11-19-14-6-4-5-13(12-14)7-8-15(16)17/h4-8,12H,2-3,9-11H2,1H3,(H,16,17)/b8-7+. The maximum atomic E-state index is 10.4. The average Bonchev–Trinajstić information content (AvgIpc) is 2.41. The van der Waals surface area contributed by atoms with Gasteiger partial charge in [-0.15, -0.1) is 0 Å². The van der Waals surface area contributed by atoms with Gasteiger partial charge < -0.3 is 14.6 Å². The van der Waals surface area contributed by atoms with Crippen LogP contribution in [0.2, 0.25) is 0 Å². The van der Waals surface area contributed by atoms with Crippen molar-refractivity contribution in [1.82, 2.24) is 0 Å². The van der Waals surface area contributed by atoms with Crippen LogP contribution in [0.3, 0.4) is 0 Å². The average molecular weight is 264 g/mol. The molecule has 1 aromatic rings. The minimum atomic E-state index is -0.962. The van der Waals surface area contributed by atoms with Crippen LogP contribution in [-0.2, 0) is 9.53 Å². The first-order chi connectivity index (χ1) is 9.22. The number of benzene rings is 1. The van der Waals surface area contributed by atoms with Crippen molar-refractivity contribution in [2.45, 2.75) is 19.8 Å². The van der Waals surface area contributed by atoms with Crippen LogP contribution in [0.4, 0.5) is 0 Å². The minimum Gasteiger partial charge on any atom is -0.491 e. The normalized spacial score (nSPS) is 10.8. The topological polar surface area (TPSA) is 55.8 Å². The lowest BCUT2D eigenvalue weighted by molar-refractivity contribution is -0.131. The third kappa shape index (κ3) is 7.26. The van der Waals surface area contributed by atoms with Crippen LogP contribution in [0.15, 0.2) is 30.3 Å². The Morgan fingerprint density at radius 3 is 2.89 bits per heavy atom. The summed E-state index contributed by atoms with van der Waals surface area (Å²) in [5, 5.41) is 8.55. The van der Waals surface area contributed by atoms with Crippen LogP contribution < -0.4 is 4.74 Å². The monoisotopic (exact) mass is 264 g/mol. The Balaban J connectivity index is 2.34.